The molecular weight excluding hydrogens is 158 g/mol. The van der Waals surface area contributed by atoms with E-state index in [9.17, 15) is 0 Å². The van der Waals surface area contributed by atoms with E-state index in [4.69, 9.17) is 0 Å². The topological polar surface area (TPSA) is 12.0 Å². The van der Waals surface area contributed by atoms with Crippen LogP contribution in [0.2, 0.25) is 0 Å². The molecule has 0 heterocycles. The van der Waals surface area contributed by atoms with Crippen molar-refractivity contribution in [1.29, 1.82) is 0 Å². The van der Waals surface area contributed by atoms with E-state index in [1.165, 1.54) is 25.7 Å². The second-order valence-electron chi connectivity index (χ2n) is 4.46. The third kappa shape index (κ3) is 6.09. The molecule has 80 valence electrons. The maximum absolute atomic E-state index is 3.64. The van der Waals surface area contributed by atoms with Crippen LogP contribution in [-0.4, -0.2) is 12.1 Å². The lowest BCUT2D eigenvalue weighted by Gasteiger charge is -2.26. The van der Waals surface area contributed by atoms with Crippen molar-refractivity contribution in [2.75, 3.05) is 0 Å². The molecule has 0 saturated carbocycles. The van der Waals surface area contributed by atoms with E-state index in [1.54, 1.807) is 0 Å². The van der Waals surface area contributed by atoms with Gasteiger partial charge in [0.15, 0.2) is 0 Å². The molecular formula is C12H27N. The first-order valence-electron chi connectivity index (χ1n) is 5.87. The quantitative estimate of drug-likeness (QED) is 0.639. The Morgan fingerprint density at radius 3 is 2.08 bits per heavy atom. The minimum Gasteiger partial charge on any atom is -0.312 e. The highest BCUT2D eigenvalue weighted by atomic mass is 14.9. The van der Waals surface area contributed by atoms with Gasteiger partial charge in [0, 0.05) is 12.1 Å². The third-order valence-electron chi connectivity index (χ3n) is 2.69. The Morgan fingerprint density at radius 1 is 1.08 bits per heavy atom. The van der Waals surface area contributed by atoms with Gasteiger partial charge in [-0.3, -0.25) is 0 Å². The van der Waals surface area contributed by atoms with E-state index in [2.05, 4.69) is 39.9 Å². The van der Waals surface area contributed by atoms with Crippen molar-refractivity contribution in [1.82, 2.24) is 5.32 Å². The van der Waals surface area contributed by atoms with Crippen LogP contribution in [0.15, 0.2) is 0 Å². The first-order chi connectivity index (χ1) is 6.11. The van der Waals surface area contributed by atoms with E-state index >= 15 is 0 Å². The van der Waals surface area contributed by atoms with Gasteiger partial charge in [0.2, 0.25) is 0 Å². The van der Waals surface area contributed by atoms with Crippen LogP contribution in [0.3, 0.4) is 0 Å². The zero-order valence-corrected chi connectivity index (χ0v) is 10.1. The molecule has 0 radical (unpaired) electrons. The molecule has 0 aromatic heterocycles. The third-order valence-corrected chi connectivity index (χ3v) is 2.69. The number of hydrogen-bond donors (Lipinski definition) is 1. The molecule has 2 unspecified atom stereocenters. The molecule has 0 fully saturated rings. The SMILES string of the molecule is CCCCC(C)C(CC)NC(C)C. The summed E-state index contributed by atoms with van der Waals surface area (Å²) in [6.45, 7) is 11.4. The lowest BCUT2D eigenvalue weighted by atomic mass is 9.93. The van der Waals surface area contributed by atoms with E-state index in [0.29, 0.717) is 12.1 Å². The first kappa shape index (κ1) is 13.0. The second-order valence-corrected chi connectivity index (χ2v) is 4.46. The maximum atomic E-state index is 3.64. The van der Waals surface area contributed by atoms with Gasteiger partial charge in [0.25, 0.3) is 0 Å². The van der Waals surface area contributed by atoms with E-state index in [0.717, 1.165) is 5.92 Å². The molecule has 0 aliphatic heterocycles. The summed E-state index contributed by atoms with van der Waals surface area (Å²) in [5.41, 5.74) is 0. The molecule has 0 bridgehead atoms. The standard InChI is InChI=1S/C12H27N/c1-6-8-9-11(5)12(7-2)13-10(3)4/h10-13H,6-9H2,1-5H3. The van der Waals surface area contributed by atoms with Crippen LogP contribution in [-0.2, 0) is 0 Å². The highest BCUT2D eigenvalue weighted by Crippen LogP contribution is 2.15. The van der Waals surface area contributed by atoms with Crippen LogP contribution in [0.1, 0.15) is 60.3 Å². The molecule has 0 rings (SSSR count). The number of nitrogens with one attached hydrogen (secondary N) is 1. The van der Waals surface area contributed by atoms with Crippen molar-refractivity contribution in [3.8, 4) is 0 Å². The van der Waals surface area contributed by atoms with Gasteiger partial charge in [-0.15, -0.1) is 0 Å². The second kappa shape index (κ2) is 7.37. The van der Waals surface area contributed by atoms with Gasteiger partial charge in [0.05, 0.1) is 0 Å². The number of hydrogen-bond acceptors (Lipinski definition) is 1. The molecule has 1 N–H and O–H groups in total. The molecule has 13 heavy (non-hydrogen) atoms. The molecule has 0 aliphatic rings. The normalized spacial score (nSPS) is 16.2. The van der Waals surface area contributed by atoms with Gasteiger partial charge in [0.1, 0.15) is 0 Å². The van der Waals surface area contributed by atoms with Crippen LogP contribution in [0.25, 0.3) is 0 Å². The van der Waals surface area contributed by atoms with Crippen LogP contribution < -0.4 is 5.32 Å². The fourth-order valence-corrected chi connectivity index (χ4v) is 1.84. The molecule has 1 heteroatoms. The predicted octanol–water partition coefficient (Wildman–Crippen LogP) is 3.59. The fourth-order valence-electron chi connectivity index (χ4n) is 1.84. The molecule has 0 aromatic carbocycles. The van der Waals surface area contributed by atoms with Crippen LogP contribution in [0.5, 0.6) is 0 Å². The molecule has 0 amide bonds. The average Bonchev–Trinajstić information content (AvgIpc) is 2.09. The maximum Gasteiger partial charge on any atom is 0.00924 e. The van der Waals surface area contributed by atoms with Gasteiger partial charge in [-0.1, -0.05) is 47.5 Å². The Morgan fingerprint density at radius 2 is 1.69 bits per heavy atom. The van der Waals surface area contributed by atoms with Crippen molar-refractivity contribution in [3.05, 3.63) is 0 Å². The largest absolute Gasteiger partial charge is 0.312 e. The van der Waals surface area contributed by atoms with Gasteiger partial charge in [-0.05, 0) is 18.8 Å². The number of unbranched alkanes of at least 4 members (excludes halogenated alkanes) is 1. The molecule has 0 saturated heterocycles. The fraction of sp³-hybridized carbons (Fsp3) is 1.00. The van der Waals surface area contributed by atoms with Crippen molar-refractivity contribution < 1.29 is 0 Å². The van der Waals surface area contributed by atoms with E-state index in [1.807, 2.05) is 0 Å². The van der Waals surface area contributed by atoms with E-state index < -0.39 is 0 Å². The van der Waals surface area contributed by atoms with Crippen LogP contribution in [0, 0.1) is 5.92 Å². The Labute approximate surface area is 84.3 Å². The average molecular weight is 185 g/mol. The summed E-state index contributed by atoms with van der Waals surface area (Å²) in [4.78, 5) is 0. The van der Waals surface area contributed by atoms with Gasteiger partial charge in [-0.25, -0.2) is 0 Å². The van der Waals surface area contributed by atoms with Crippen LogP contribution >= 0.6 is 0 Å². The summed E-state index contributed by atoms with van der Waals surface area (Å²) < 4.78 is 0. The lowest BCUT2D eigenvalue weighted by molar-refractivity contribution is 0.321. The van der Waals surface area contributed by atoms with E-state index in [-0.39, 0.29) is 0 Å². The Balaban J connectivity index is 3.77. The summed E-state index contributed by atoms with van der Waals surface area (Å²) in [7, 11) is 0. The van der Waals surface area contributed by atoms with Crippen LogP contribution in [0.4, 0.5) is 0 Å². The van der Waals surface area contributed by atoms with Gasteiger partial charge >= 0.3 is 0 Å². The molecule has 0 aromatic rings. The first-order valence-corrected chi connectivity index (χ1v) is 5.87. The molecule has 0 aliphatic carbocycles. The van der Waals surface area contributed by atoms with Gasteiger partial charge in [-0.2, -0.15) is 0 Å². The zero-order valence-electron chi connectivity index (χ0n) is 10.1. The van der Waals surface area contributed by atoms with Gasteiger partial charge < -0.3 is 5.32 Å². The molecule has 0 spiro atoms. The van der Waals surface area contributed by atoms with Crippen molar-refractivity contribution in [3.63, 3.8) is 0 Å². The summed E-state index contributed by atoms with van der Waals surface area (Å²) >= 11 is 0. The summed E-state index contributed by atoms with van der Waals surface area (Å²) in [5.74, 6) is 0.826. The van der Waals surface area contributed by atoms with Crippen molar-refractivity contribution in [2.45, 2.75) is 72.4 Å². The minimum absolute atomic E-state index is 0.619. The Bertz CT molecular complexity index is 110. The zero-order chi connectivity index (χ0) is 10.3. The highest BCUT2D eigenvalue weighted by Gasteiger charge is 2.14. The Hall–Kier alpha value is -0.0400. The minimum atomic E-state index is 0.619. The predicted molar refractivity (Wildman–Crippen MR) is 61.0 cm³/mol. The lowest BCUT2D eigenvalue weighted by Crippen LogP contribution is -2.38. The summed E-state index contributed by atoms with van der Waals surface area (Å²) in [5, 5.41) is 3.64. The number of rotatable bonds is 7. The Kier molecular flexibility index (Phi) is 7.35. The smallest absolute Gasteiger partial charge is 0.00924 e. The highest BCUT2D eigenvalue weighted by molar-refractivity contribution is 4.73. The molecule has 2 atom stereocenters. The monoisotopic (exact) mass is 185 g/mol. The molecule has 1 nitrogen and oxygen atoms in total. The van der Waals surface area contributed by atoms with Crippen molar-refractivity contribution in [2.24, 2.45) is 5.92 Å². The summed E-state index contributed by atoms with van der Waals surface area (Å²) in [6.07, 6.45) is 5.32. The van der Waals surface area contributed by atoms with Crippen molar-refractivity contribution >= 4 is 0 Å². The summed E-state index contributed by atoms with van der Waals surface area (Å²) in [6, 6.07) is 1.33.